The Hall–Kier alpha value is -2.00. The highest BCUT2D eigenvalue weighted by molar-refractivity contribution is 7.98. The summed E-state index contributed by atoms with van der Waals surface area (Å²) in [6.45, 7) is 4.23. The molecule has 0 unspecified atom stereocenters. The molecule has 0 fully saturated rings. The van der Waals surface area contributed by atoms with Gasteiger partial charge in [0.25, 0.3) is 0 Å². The normalized spacial score (nSPS) is 10.7. The van der Waals surface area contributed by atoms with Crippen LogP contribution in [0.4, 0.5) is 5.95 Å². The van der Waals surface area contributed by atoms with Crippen molar-refractivity contribution in [1.29, 1.82) is 5.26 Å². The van der Waals surface area contributed by atoms with Gasteiger partial charge in [0.1, 0.15) is 0 Å². The fourth-order valence-electron chi connectivity index (χ4n) is 2.02. The second-order valence-corrected chi connectivity index (χ2v) is 6.14. The molecule has 6 heteroatoms. The van der Waals surface area contributed by atoms with E-state index < -0.39 is 0 Å². The number of nitriles is 1. The molecular formula is C15H19N5S. The number of hydrogen-bond acceptors (Lipinski definition) is 5. The lowest BCUT2D eigenvalue weighted by atomic mass is 10.1. The Bertz CT molecular complexity index is 654. The maximum absolute atomic E-state index is 9.14. The predicted molar refractivity (Wildman–Crippen MR) is 85.5 cm³/mol. The van der Waals surface area contributed by atoms with Crippen molar-refractivity contribution in [1.82, 2.24) is 14.8 Å². The van der Waals surface area contributed by atoms with Gasteiger partial charge in [-0.05, 0) is 25.5 Å². The summed E-state index contributed by atoms with van der Waals surface area (Å²) in [5.74, 6) is 1.56. The molecule has 21 heavy (non-hydrogen) atoms. The topological polar surface area (TPSA) is 57.7 Å². The van der Waals surface area contributed by atoms with Gasteiger partial charge in [0.15, 0.2) is 5.16 Å². The summed E-state index contributed by atoms with van der Waals surface area (Å²) >= 11 is 1.61. The third-order valence-electron chi connectivity index (χ3n) is 3.06. The Morgan fingerprint density at radius 3 is 2.62 bits per heavy atom. The molecule has 0 bridgehead atoms. The molecule has 5 nitrogen and oxygen atoms in total. The Morgan fingerprint density at radius 1 is 1.29 bits per heavy atom. The molecule has 0 saturated heterocycles. The van der Waals surface area contributed by atoms with E-state index in [0.29, 0.717) is 11.3 Å². The maximum Gasteiger partial charge on any atom is 0.227 e. The van der Waals surface area contributed by atoms with Gasteiger partial charge in [0, 0.05) is 25.9 Å². The van der Waals surface area contributed by atoms with Gasteiger partial charge in [-0.1, -0.05) is 30.0 Å². The van der Waals surface area contributed by atoms with Crippen LogP contribution in [0.15, 0.2) is 29.4 Å². The average Bonchev–Trinajstić information content (AvgIpc) is 2.89. The average molecular weight is 301 g/mol. The summed E-state index contributed by atoms with van der Waals surface area (Å²) in [6.07, 6.45) is 0. The fraction of sp³-hybridized carbons (Fsp3) is 0.400. The molecule has 0 aliphatic rings. The Kier molecular flexibility index (Phi) is 4.86. The molecule has 0 atom stereocenters. The third-order valence-corrected chi connectivity index (χ3v) is 4.05. The van der Waals surface area contributed by atoms with Gasteiger partial charge in [-0.2, -0.15) is 5.26 Å². The molecule has 2 aromatic rings. The van der Waals surface area contributed by atoms with Crippen LogP contribution in [0.2, 0.25) is 0 Å². The van der Waals surface area contributed by atoms with Crippen molar-refractivity contribution in [3.05, 3.63) is 35.4 Å². The fourth-order valence-corrected chi connectivity index (χ4v) is 3.09. The molecule has 0 spiro atoms. The summed E-state index contributed by atoms with van der Waals surface area (Å²) < 4.78 is 2.11. The first-order valence-electron chi connectivity index (χ1n) is 6.77. The third kappa shape index (κ3) is 3.37. The molecule has 1 aromatic carbocycles. The summed E-state index contributed by atoms with van der Waals surface area (Å²) in [4.78, 5) is 1.96. The van der Waals surface area contributed by atoms with Crippen LogP contribution >= 0.6 is 11.8 Å². The zero-order chi connectivity index (χ0) is 15.4. The Balaban J connectivity index is 2.23. The first kappa shape index (κ1) is 15.4. The monoisotopic (exact) mass is 301 g/mol. The minimum Gasteiger partial charge on any atom is -0.347 e. The molecule has 0 amide bonds. The highest BCUT2D eigenvalue weighted by Gasteiger charge is 2.17. The Labute approximate surface area is 129 Å². The molecule has 110 valence electrons. The predicted octanol–water partition coefficient (Wildman–Crippen LogP) is 3.09. The highest BCUT2D eigenvalue weighted by Crippen LogP contribution is 2.28. The molecular weight excluding hydrogens is 282 g/mol. The van der Waals surface area contributed by atoms with Crippen molar-refractivity contribution >= 4 is 17.7 Å². The van der Waals surface area contributed by atoms with Crippen LogP contribution in [0, 0.1) is 11.3 Å². The summed E-state index contributed by atoms with van der Waals surface area (Å²) in [7, 11) is 3.92. The lowest BCUT2D eigenvalue weighted by molar-refractivity contribution is 0.549. The van der Waals surface area contributed by atoms with Crippen molar-refractivity contribution < 1.29 is 0 Å². The molecule has 0 aliphatic heterocycles. The minimum atomic E-state index is 0.283. The van der Waals surface area contributed by atoms with E-state index >= 15 is 0 Å². The largest absolute Gasteiger partial charge is 0.347 e. The van der Waals surface area contributed by atoms with Gasteiger partial charge in [0.05, 0.1) is 11.6 Å². The van der Waals surface area contributed by atoms with Gasteiger partial charge in [0.2, 0.25) is 5.95 Å². The highest BCUT2D eigenvalue weighted by atomic mass is 32.2. The van der Waals surface area contributed by atoms with Gasteiger partial charge >= 0.3 is 0 Å². The van der Waals surface area contributed by atoms with Crippen LogP contribution in [-0.2, 0) is 5.75 Å². The molecule has 0 aliphatic carbocycles. The lowest BCUT2D eigenvalue weighted by Gasteiger charge is -2.17. The van der Waals surface area contributed by atoms with E-state index in [0.717, 1.165) is 16.7 Å². The van der Waals surface area contributed by atoms with Crippen molar-refractivity contribution in [2.75, 3.05) is 19.0 Å². The number of nitrogens with zero attached hydrogens (tertiary/aromatic N) is 5. The van der Waals surface area contributed by atoms with Crippen molar-refractivity contribution in [2.24, 2.45) is 0 Å². The lowest BCUT2D eigenvalue weighted by Crippen LogP contribution is -2.17. The molecule has 0 saturated carbocycles. The molecule has 0 radical (unpaired) electrons. The van der Waals surface area contributed by atoms with Crippen LogP contribution in [0.1, 0.15) is 31.0 Å². The summed E-state index contributed by atoms with van der Waals surface area (Å²) in [5.41, 5.74) is 1.74. The first-order valence-corrected chi connectivity index (χ1v) is 7.76. The smallest absolute Gasteiger partial charge is 0.227 e. The van der Waals surface area contributed by atoms with E-state index in [9.17, 15) is 0 Å². The van der Waals surface area contributed by atoms with Gasteiger partial charge in [-0.3, -0.25) is 4.57 Å². The summed E-state index contributed by atoms with van der Waals surface area (Å²) in [5, 5.41) is 18.5. The van der Waals surface area contributed by atoms with Crippen LogP contribution < -0.4 is 4.90 Å². The zero-order valence-electron chi connectivity index (χ0n) is 12.7. The molecule has 1 aromatic heterocycles. The number of benzene rings is 1. The Morgan fingerprint density at radius 2 is 2.00 bits per heavy atom. The first-order chi connectivity index (χ1) is 10.0. The van der Waals surface area contributed by atoms with Crippen LogP contribution in [0.5, 0.6) is 0 Å². The van der Waals surface area contributed by atoms with E-state index in [-0.39, 0.29) is 6.04 Å². The SMILES string of the molecule is CC(C)n1c(SCc2ccccc2C#N)nnc1N(C)C. The quantitative estimate of drug-likeness (QED) is 0.794. The van der Waals surface area contributed by atoms with E-state index in [1.165, 1.54) is 0 Å². The number of anilines is 1. The van der Waals surface area contributed by atoms with E-state index in [4.69, 9.17) is 5.26 Å². The second kappa shape index (κ2) is 6.64. The summed E-state index contributed by atoms with van der Waals surface area (Å²) in [6, 6.07) is 10.2. The minimum absolute atomic E-state index is 0.283. The van der Waals surface area contributed by atoms with Crippen molar-refractivity contribution in [3.63, 3.8) is 0 Å². The van der Waals surface area contributed by atoms with Crippen molar-refractivity contribution in [3.8, 4) is 6.07 Å². The van der Waals surface area contributed by atoms with Crippen LogP contribution in [-0.4, -0.2) is 28.9 Å². The van der Waals surface area contributed by atoms with Gasteiger partial charge < -0.3 is 4.90 Å². The molecule has 2 rings (SSSR count). The van der Waals surface area contributed by atoms with Crippen molar-refractivity contribution in [2.45, 2.75) is 30.8 Å². The zero-order valence-corrected chi connectivity index (χ0v) is 13.6. The number of thioether (sulfide) groups is 1. The number of rotatable bonds is 5. The van der Waals surface area contributed by atoms with Gasteiger partial charge in [-0.15, -0.1) is 10.2 Å². The molecule has 0 N–H and O–H groups in total. The number of hydrogen-bond donors (Lipinski definition) is 0. The van der Waals surface area contributed by atoms with E-state index in [1.807, 2.05) is 43.3 Å². The number of aromatic nitrogens is 3. The molecule has 1 heterocycles. The van der Waals surface area contributed by atoms with E-state index in [2.05, 4.69) is 34.7 Å². The van der Waals surface area contributed by atoms with Crippen LogP contribution in [0.3, 0.4) is 0 Å². The standard InChI is InChI=1S/C15H19N5S/c1-11(2)20-14(19(3)4)17-18-15(20)21-10-13-8-6-5-7-12(13)9-16/h5-8,11H,10H2,1-4H3. The maximum atomic E-state index is 9.14. The second-order valence-electron chi connectivity index (χ2n) is 5.20. The van der Waals surface area contributed by atoms with E-state index in [1.54, 1.807) is 11.8 Å². The van der Waals surface area contributed by atoms with Crippen LogP contribution in [0.25, 0.3) is 0 Å². The van der Waals surface area contributed by atoms with Gasteiger partial charge in [-0.25, -0.2) is 0 Å².